The Morgan fingerprint density at radius 2 is 1.90 bits per heavy atom. The molecular formula is C21H20BrFN4O2S. The summed E-state index contributed by atoms with van der Waals surface area (Å²) < 4.78 is 14.4. The largest absolute Gasteiger partial charge is 0.338 e. The molecule has 0 bridgehead atoms. The highest BCUT2D eigenvalue weighted by molar-refractivity contribution is 9.10. The standard InChI is InChI=1S/C21H20BrFN4O2S/c1-2-11-27(20(29)15-4-3-5-17(23)13-15)12-10-18(28)24-21-26-25-19(30-21)14-6-8-16(22)9-7-14/h3-9,13H,2,10-12H2,1H3,(H,24,26,28). The number of nitrogens with zero attached hydrogens (tertiary/aromatic N) is 3. The number of nitrogens with one attached hydrogen (secondary N) is 1. The fraction of sp³-hybridized carbons (Fsp3) is 0.238. The van der Waals surface area contributed by atoms with Crippen LogP contribution in [0, 0.1) is 5.82 Å². The molecule has 0 aliphatic rings. The van der Waals surface area contributed by atoms with Gasteiger partial charge in [0.15, 0.2) is 0 Å². The third-order valence-corrected chi connectivity index (χ3v) is 5.64. The van der Waals surface area contributed by atoms with Gasteiger partial charge in [-0.3, -0.25) is 9.59 Å². The van der Waals surface area contributed by atoms with Gasteiger partial charge in [0.1, 0.15) is 10.8 Å². The van der Waals surface area contributed by atoms with E-state index in [9.17, 15) is 14.0 Å². The van der Waals surface area contributed by atoms with E-state index < -0.39 is 5.82 Å². The molecule has 0 spiro atoms. The fourth-order valence-corrected chi connectivity index (χ4v) is 3.82. The lowest BCUT2D eigenvalue weighted by molar-refractivity contribution is -0.116. The Morgan fingerprint density at radius 1 is 1.13 bits per heavy atom. The second kappa shape index (κ2) is 10.4. The molecule has 6 nitrogen and oxygen atoms in total. The maximum absolute atomic E-state index is 13.4. The van der Waals surface area contributed by atoms with Gasteiger partial charge < -0.3 is 10.2 Å². The minimum Gasteiger partial charge on any atom is -0.338 e. The van der Waals surface area contributed by atoms with Crippen molar-refractivity contribution in [1.29, 1.82) is 0 Å². The van der Waals surface area contributed by atoms with Crippen LogP contribution in [0.4, 0.5) is 9.52 Å². The lowest BCUT2D eigenvalue weighted by Crippen LogP contribution is -2.34. The van der Waals surface area contributed by atoms with Crippen LogP contribution in [-0.2, 0) is 4.79 Å². The van der Waals surface area contributed by atoms with Crippen LogP contribution in [0.15, 0.2) is 53.0 Å². The molecule has 0 aliphatic carbocycles. The van der Waals surface area contributed by atoms with Gasteiger partial charge in [0, 0.05) is 35.1 Å². The van der Waals surface area contributed by atoms with Crippen molar-refractivity contribution in [2.24, 2.45) is 0 Å². The molecule has 3 rings (SSSR count). The number of aromatic nitrogens is 2. The van der Waals surface area contributed by atoms with E-state index >= 15 is 0 Å². The smallest absolute Gasteiger partial charge is 0.253 e. The van der Waals surface area contributed by atoms with Crippen molar-refractivity contribution in [3.63, 3.8) is 0 Å². The number of amides is 2. The van der Waals surface area contributed by atoms with Crippen molar-refractivity contribution in [1.82, 2.24) is 15.1 Å². The summed E-state index contributed by atoms with van der Waals surface area (Å²) in [6.07, 6.45) is 0.837. The van der Waals surface area contributed by atoms with Crippen LogP contribution in [-0.4, -0.2) is 40.0 Å². The van der Waals surface area contributed by atoms with Gasteiger partial charge in [-0.05, 0) is 36.8 Å². The first-order chi connectivity index (χ1) is 14.5. The zero-order chi connectivity index (χ0) is 21.5. The van der Waals surface area contributed by atoms with Crippen LogP contribution in [0.2, 0.25) is 0 Å². The van der Waals surface area contributed by atoms with Gasteiger partial charge in [-0.2, -0.15) is 0 Å². The predicted octanol–water partition coefficient (Wildman–Crippen LogP) is 4.99. The Bertz CT molecular complexity index is 1030. The van der Waals surface area contributed by atoms with Gasteiger partial charge in [0.2, 0.25) is 11.0 Å². The number of halogens is 2. The zero-order valence-electron chi connectivity index (χ0n) is 16.3. The molecule has 0 atom stereocenters. The van der Waals surface area contributed by atoms with E-state index in [-0.39, 0.29) is 30.3 Å². The molecule has 9 heteroatoms. The molecule has 0 saturated carbocycles. The normalized spacial score (nSPS) is 10.6. The summed E-state index contributed by atoms with van der Waals surface area (Å²) >= 11 is 4.67. The number of anilines is 1. The first-order valence-electron chi connectivity index (χ1n) is 9.40. The number of benzene rings is 2. The van der Waals surface area contributed by atoms with E-state index in [1.54, 1.807) is 11.0 Å². The highest BCUT2D eigenvalue weighted by Crippen LogP contribution is 2.27. The first-order valence-corrected chi connectivity index (χ1v) is 11.0. The second-order valence-corrected chi connectivity index (χ2v) is 8.41. The van der Waals surface area contributed by atoms with E-state index in [1.807, 2.05) is 31.2 Å². The summed E-state index contributed by atoms with van der Waals surface area (Å²) in [5, 5.41) is 11.9. The van der Waals surface area contributed by atoms with E-state index in [1.165, 1.54) is 29.5 Å². The minimum absolute atomic E-state index is 0.105. The number of rotatable bonds is 8. The van der Waals surface area contributed by atoms with Gasteiger partial charge >= 0.3 is 0 Å². The van der Waals surface area contributed by atoms with E-state index in [2.05, 4.69) is 31.4 Å². The van der Waals surface area contributed by atoms with Gasteiger partial charge in [-0.1, -0.05) is 52.4 Å². The summed E-state index contributed by atoms with van der Waals surface area (Å²) in [6.45, 7) is 2.65. The molecular weight excluding hydrogens is 471 g/mol. The van der Waals surface area contributed by atoms with Crippen molar-refractivity contribution in [3.05, 3.63) is 64.4 Å². The molecule has 1 heterocycles. The summed E-state index contributed by atoms with van der Waals surface area (Å²) in [7, 11) is 0. The van der Waals surface area contributed by atoms with Gasteiger partial charge in [-0.15, -0.1) is 10.2 Å². The number of carbonyl (C=O) groups excluding carboxylic acids is 2. The molecule has 1 N–H and O–H groups in total. The Balaban J connectivity index is 1.58. The second-order valence-electron chi connectivity index (χ2n) is 6.52. The Kier molecular flexibility index (Phi) is 7.64. The lowest BCUT2D eigenvalue weighted by Gasteiger charge is -2.22. The number of carbonyl (C=O) groups is 2. The Labute approximate surface area is 186 Å². The average molecular weight is 491 g/mol. The van der Waals surface area contributed by atoms with Gasteiger partial charge in [-0.25, -0.2) is 4.39 Å². The maximum atomic E-state index is 13.4. The molecule has 2 amide bonds. The SMILES string of the molecule is CCCN(CCC(=O)Nc1nnc(-c2ccc(Br)cc2)s1)C(=O)c1cccc(F)c1. The Morgan fingerprint density at radius 3 is 2.60 bits per heavy atom. The fourth-order valence-electron chi connectivity index (χ4n) is 2.79. The number of hydrogen-bond donors (Lipinski definition) is 1. The molecule has 156 valence electrons. The van der Waals surface area contributed by atoms with Crippen molar-refractivity contribution in [2.45, 2.75) is 19.8 Å². The van der Waals surface area contributed by atoms with Crippen LogP contribution < -0.4 is 5.32 Å². The third-order valence-electron chi connectivity index (χ3n) is 4.22. The topological polar surface area (TPSA) is 75.2 Å². The zero-order valence-corrected chi connectivity index (χ0v) is 18.7. The summed E-state index contributed by atoms with van der Waals surface area (Å²) in [5.41, 5.74) is 1.18. The molecule has 0 saturated heterocycles. The predicted molar refractivity (Wildman–Crippen MR) is 119 cm³/mol. The quantitative estimate of drug-likeness (QED) is 0.482. The van der Waals surface area contributed by atoms with Crippen LogP contribution in [0.1, 0.15) is 30.1 Å². The molecule has 2 aromatic carbocycles. The summed E-state index contributed by atoms with van der Waals surface area (Å²) in [6, 6.07) is 13.2. The minimum atomic E-state index is -0.465. The Hall–Kier alpha value is -2.65. The van der Waals surface area contributed by atoms with Gasteiger partial charge in [0.25, 0.3) is 5.91 Å². The third kappa shape index (κ3) is 5.93. The first kappa shape index (κ1) is 22.0. The molecule has 0 unspecified atom stereocenters. The maximum Gasteiger partial charge on any atom is 0.253 e. The highest BCUT2D eigenvalue weighted by atomic mass is 79.9. The van der Waals surface area contributed by atoms with Crippen molar-refractivity contribution >= 4 is 44.2 Å². The number of hydrogen-bond acceptors (Lipinski definition) is 5. The van der Waals surface area contributed by atoms with Crippen LogP contribution >= 0.6 is 27.3 Å². The highest BCUT2D eigenvalue weighted by Gasteiger charge is 2.17. The molecule has 0 radical (unpaired) electrons. The van der Waals surface area contributed by atoms with Crippen LogP contribution in [0.3, 0.4) is 0 Å². The van der Waals surface area contributed by atoms with E-state index in [4.69, 9.17) is 0 Å². The van der Waals surface area contributed by atoms with Crippen molar-refractivity contribution in [3.8, 4) is 10.6 Å². The van der Waals surface area contributed by atoms with Gasteiger partial charge in [0.05, 0.1) is 0 Å². The monoisotopic (exact) mass is 490 g/mol. The molecule has 30 heavy (non-hydrogen) atoms. The molecule has 0 aliphatic heterocycles. The summed E-state index contributed by atoms with van der Waals surface area (Å²) in [4.78, 5) is 26.6. The average Bonchev–Trinajstić information content (AvgIpc) is 3.19. The molecule has 3 aromatic rings. The van der Waals surface area contributed by atoms with Crippen molar-refractivity contribution in [2.75, 3.05) is 18.4 Å². The van der Waals surface area contributed by atoms with Crippen LogP contribution in [0.25, 0.3) is 10.6 Å². The summed E-state index contributed by atoms with van der Waals surface area (Å²) in [5.74, 6) is -1.02. The molecule has 0 fully saturated rings. The van der Waals surface area contributed by atoms with E-state index in [0.29, 0.717) is 16.7 Å². The van der Waals surface area contributed by atoms with Crippen LogP contribution in [0.5, 0.6) is 0 Å². The lowest BCUT2D eigenvalue weighted by atomic mass is 10.2. The van der Waals surface area contributed by atoms with Crippen molar-refractivity contribution < 1.29 is 14.0 Å². The molecule has 1 aromatic heterocycles. The van der Waals surface area contributed by atoms with E-state index in [0.717, 1.165) is 16.5 Å².